The maximum atomic E-state index is 13.1. The summed E-state index contributed by atoms with van der Waals surface area (Å²) < 4.78 is 18.0. The number of hydrogen-bond donors (Lipinski definition) is 1. The van der Waals surface area contributed by atoms with Gasteiger partial charge in [-0.2, -0.15) is 0 Å². The Morgan fingerprint density at radius 3 is 2.87 bits per heavy atom. The van der Waals surface area contributed by atoms with Crippen molar-refractivity contribution in [3.63, 3.8) is 0 Å². The first-order valence-corrected chi connectivity index (χ1v) is 4.67. The van der Waals surface area contributed by atoms with Crippen molar-refractivity contribution in [2.45, 2.75) is 12.5 Å². The van der Waals surface area contributed by atoms with Crippen LogP contribution in [-0.4, -0.2) is 14.2 Å². The highest BCUT2D eigenvalue weighted by molar-refractivity contribution is 5.32. The second-order valence-electron chi connectivity index (χ2n) is 3.14. The average molecular weight is 207 g/mol. The highest BCUT2D eigenvalue weighted by Crippen LogP contribution is 2.23. The lowest BCUT2D eigenvalue weighted by molar-refractivity contribution is 0.385. The van der Waals surface area contributed by atoms with Gasteiger partial charge in [0.15, 0.2) is 11.6 Å². The van der Waals surface area contributed by atoms with Gasteiger partial charge in [0, 0.05) is 12.5 Å². The van der Waals surface area contributed by atoms with Crippen molar-refractivity contribution in [2.24, 2.45) is 0 Å². The van der Waals surface area contributed by atoms with Crippen molar-refractivity contribution in [3.8, 4) is 18.1 Å². The molecule has 1 aromatic rings. The molecule has 1 aromatic carbocycles. The molecule has 0 fully saturated rings. The van der Waals surface area contributed by atoms with E-state index in [0.717, 1.165) is 5.56 Å². The highest BCUT2D eigenvalue weighted by Gasteiger charge is 2.10. The van der Waals surface area contributed by atoms with E-state index in [1.807, 2.05) is 7.05 Å². The van der Waals surface area contributed by atoms with Crippen LogP contribution in [0.4, 0.5) is 4.39 Å². The second-order valence-corrected chi connectivity index (χ2v) is 3.14. The summed E-state index contributed by atoms with van der Waals surface area (Å²) in [7, 11) is 3.26. The van der Waals surface area contributed by atoms with Crippen molar-refractivity contribution >= 4 is 0 Å². The Balaban J connectivity index is 2.99. The third-order valence-electron chi connectivity index (χ3n) is 2.25. The molecule has 15 heavy (non-hydrogen) atoms. The first-order chi connectivity index (χ1) is 7.22. The molecule has 1 rings (SSSR count). The number of ether oxygens (including phenoxy) is 1. The fourth-order valence-corrected chi connectivity index (χ4v) is 1.40. The van der Waals surface area contributed by atoms with Gasteiger partial charge in [0.1, 0.15) is 0 Å². The SMILES string of the molecule is C#CCC(NC)c1ccc(F)c(OC)c1. The minimum Gasteiger partial charge on any atom is -0.494 e. The largest absolute Gasteiger partial charge is 0.494 e. The molecule has 0 aliphatic carbocycles. The van der Waals surface area contributed by atoms with Crippen LogP contribution in [-0.2, 0) is 0 Å². The number of terminal acetylenes is 1. The molecule has 0 bridgehead atoms. The first-order valence-electron chi connectivity index (χ1n) is 4.67. The summed E-state index contributed by atoms with van der Waals surface area (Å²) in [5.41, 5.74) is 0.925. The van der Waals surface area contributed by atoms with Crippen LogP contribution in [0.15, 0.2) is 18.2 Å². The fourth-order valence-electron chi connectivity index (χ4n) is 1.40. The number of rotatable bonds is 4. The summed E-state index contributed by atoms with van der Waals surface area (Å²) in [6.07, 6.45) is 5.81. The van der Waals surface area contributed by atoms with E-state index < -0.39 is 0 Å². The Morgan fingerprint density at radius 2 is 2.33 bits per heavy atom. The zero-order chi connectivity index (χ0) is 11.3. The van der Waals surface area contributed by atoms with E-state index in [1.54, 1.807) is 12.1 Å². The van der Waals surface area contributed by atoms with E-state index in [1.165, 1.54) is 13.2 Å². The molecule has 80 valence electrons. The summed E-state index contributed by atoms with van der Waals surface area (Å²) in [6.45, 7) is 0. The van der Waals surface area contributed by atoms with Gasteiger partial charge in [0.25, 0.3) is 0 Å². The topological polar surface area (TPSA) is 21.3 Å². The van der Waals surface area contributed by atoms with E-state index >= 15 is 0 Å². The van der Waals surface area contributed by atoms with E-state index in [4.69, 9.17) is 11.2 Å². The number of benzene rings is 1. The van der Waals surface area contributed by atoms with Gasteiger partial charge in [0.2, 0.25) is 0 Å². The van der Waals surface area contributed by atoms with Gasteiger partial charge < -0.3 is 10.1 Å². The number of hydrogen-bond acceptors (Lipinski definition) is 2. The molecule has 2 nitrogen and oxygen atoms in total. The Bertz CT molecular complexity index is 370. The molecular weight excluding hydrogens is 193 g/mol. The summed E-state index contributed by atoms with van der Waals surface area (Å²) >= 11 is 0. The van der Waals surface area contributed by atoms with Crippen LogP contribution in [0.5, 0.6) is 5.75 Å². The summed E-state index contributed by atoms with van der Waals surface area (Å²) in [6, 6.07) is 4.78. The van der Waals surface area contributed by atoms with E-state index in [9.17, 15) is 4.39 Å². The normalized spacial score (nSPS) is 11.9. The second kappa shape index (κ2) is 5.38. The van der Waals surface area contributed by atoms with Crippen molar-refractivity contribution in [2.75, 3.05) is 14.2 Å². The minimum atomic E-state index is -0.364. The molecule has 0 saturated carbocycles. The Labute approximate surface area is 89.4 Å². The third-order valence-corrected chi connectivity index (χ3v) is 2.25. The molecule has 1 N–H and O–H groups in total. The number of methoxy groups -OCH3 is 1. The fraction of sp³-hybridized carbons (Fsp3) is 0.333. The molecule has 0 radical (unpaired) electrons. The molecule has 3 heteroatoms. The minimum absolute atomic E-state index is 0.0319. The predicted octanol–water partition coefficient (Wildman–Crippen LogP) is 2.12. The molecule has 0 heterocycles. The Kier molecular flexibility index (Phi) is 4.14. The maximum absolute atomic E-state index is 13.1. The smallest absolute Gasteiger partial charge is 0.165 e. The highest BCUT2D eigenvalue weighted by atomic mass is 19.1. The van der Waals surface area contributed by atoms with Crippen molar-refractivity contribution in [1.29, 1.82) is 0 Å². The van der Waals surface area contributed by atoms with Crippen molar-refractivity contribution in [1.82, 2.24) is 5.32 Å². The molecule has 0 aliphatic heterocycles. The van der Waals surface area contributed by atoms with Crippen LogP contribution < -0.4 is 10.1 Å². The maximum Gasteiger partial charge on any atom is 0.165 e. The molecule has 0 aliphatic rings. The lowest BCUT2D eigenvalue weighted by atomic mass is 10.0. The van der Waals surface area contributed by atoms with Gasteiger partial charge in [0.05, 0.1) is 7.11 Å². The van der Waals surface area contributed by atoms with Gasteiger partial charge in [-0.1, -0.05) is 6.07 Å². The van der Waals surface area contributed by atoms with Gasteiger partial charge in [-0.15, -0.1) is 12.3 Å². The van der Waals surface area contributed by atoms with Gasteiger partial charge in [-0.3, -0.25) is 0 Å². The van der Waals surface area contributed by atoms with Gasteiger partial charge in [-0.25, -0.2) is 4.39 Å². The number of halogens is 1. The Morgan fingerprint density at radius 1 is 1.60 bits per heavy atom. The Hall–Kier alpha value is -1.53. The summed E-state index contributed by atoms with van der Waals surface area (Å²) in [5.74, 6) is 2.45. The zero-order valence-corrected chi connectivity index (χ0v) is 8.88. The number of nitrogens with one attached hydrogen (secondary N) is 1. The van der Waals surface area contributed by atoms with Crippen LogP contribution in [0.2, 0.25) is 0 Å². The lowest BCUT2D eigenvalue weighted by Crippen LogP contribution is -2.15. The third kappa shape index (κ3) is 2.71. The van der Waals surface area contributed by atoms with Gasteiger partial charge in [-0.05, 0) is 24.7 Å². The molecule has 1 unspecified atom stereocenters. The average Bonchev–Trinajstić information content (AvgIpc) is 2.27. The quantitative estimate of drug-likeness (QED) is 0.763. The van der Waals surface area contributed by atoms with Crippen molar-refractivity contribution in [3.05, 3.63) is 29.6 Å². The van der Waals surface area contributed by atoms with Gasteiger partial charge >= 0.3 is 0 Å². The summed E-state index contributed by atoms with van der Waals surface area (Å²) in [5, 5.41) is 3.07. The van der Waals surface area contributed by atoms with Crippen molar-refractivity contribution < 1.29 is 9.13 Å². The van der Waals surface area contributed by atoms with Crippen LogP contribution in [0.25, 0.3) is 0 Å². The molecular formula is C12H14FNO. The molecule has 0 spiro atoms. The summed E-state index contributed by atoms with van der Waals surface area (Å²) in [4.78, 5) is 0. The van der Waals surface area contributed by atoms with Crippen LogP contribution >= 0.6 is 0 Å². The molecule has 0 aromatic heterocycles. The first kappa shape index (κ1) is 11.5. The lowest BCUT2D eigenvalue weighted by Gasteiger charge is -2.14. The van der Waals surface area contributed by atoms with Crippen LogP contribution in [0.3, 0.4) is 0 Å². The van der Waals surface area contributed by atoms with E-state index in [-0.39, 0.29) is 17.6 Å². The van der Waals surface area contributed by atoms with E-state index in [2.05, 4.69) is 11.2 Å². The van der Waals surface area contributed by atoms with Crippen LogP contribution in [0.1, 0.15) is 18.0 Å². The molecule has 0 amide bonds. The van der Waals surface area contributed by atoms with Crippen LogP contribution in [0, 0.1) is 18.2 Å². The monoisotopic (exact) mass is 207 g/mol. The molecule has 0 saturated heterocycles. The standard InChI is InChI=1S/C12H14FNO/c1-4-5-11(14-2)9-6-7-10(13)12(8-9)15-3/h1,6-8,11,14H,5H2,2-3H3. The zero-order valence-electron chi connectivity index (χ0n) is 8.88. The molecule has 1 atom stereocenters. The van der Waals surface area contributed by atoms with E-state index in [0.29, 0.717) is 6.42 Å². The predicted molar refractivity (Wildman–Crippen MR) is 58.2 cm³/mol.